The molecule has 0 aromatic heterocycles. The van der Waals surface area contributed by atoms with E-state index in [-0.39, 0.29) is 5.41 Å². The molecule has 3 heteroatoms. The highest BCUT2D eigenvalue weighted by molar-refractivity contribution is 9.10. The molecule has 1 heterocycles. The van der Waals surface area contributed by atoms with Crippen molar-refractivity contribution in [2.24, 2.45) is 5.41 Å². The number of fused-ring (bicyclic) bond motifs is 1. The SMILES string of the molecule is CC(=O)C1(Cc2cc(Br)cc3c2OCC3)CC1. The van der Waals surface area contributed by atoms with Crippen molar-refractivity contribution >= 4 is 21.7 Å². The highest BCUT2D eigenvalue weighted by atomic mass is 79.9. The molecule has 1 saturated carbocycles. The first-order chi connectivity index (χ1) is 8.11. The smallest absolute Gasteiger partial charge is 0.136 e. The fourth-order valence-corrected chi connectivity index (χ4v) is 3.20. The van der Waals surface area contributed by atoms with Crippen LogP contribution in [0.4, 0.5) is 0 Å². The zero-order chi connectivity index (χ0) is 12.0. The molecule has 2 aliphatic rings. The molecule has 0 spiro atoms. The summed E-state index contributed by atoms with van der Waals surface area (Å²) in [7, 11) is 0. The normalized spacial score (nSPS) is 19.6. The zero-order valence-corrected chi connectivity index (χ0v) is 11.5. The number of Topliss-reactive ketones (excluding diaryl/α,β-unsaturated/α-hetero) is 1. The van der Waals surface area contributed by atoms with Crippen LogP contribution in [0.25, 0.3) is 0 Å². The third-order valence-electron chi connectivity index (χ3n) is 3.95. The maximum absolute atomic E-state index is 11.7. The summed E-state index contributed by atoms with van der Waals surface area (Å²) in [5.74, 6) is 1.35. The molecule has 1 aliphatic carbocycles. The van der Waals surface area contributed by atoms with Crippen LogP contribution in [0, 0.1) is 5.41 Å². The number of hydrogen-bond acceptors (Lipinski definition) is 2. The summed E-state index contributed by atoms with van der Waals surface area (Å²) in [4.78, 5) is 11.7. The monoisotopic (exact) mass is 294 g/mol. The number of ether oxygens (including phenoxy) is 1. The van der Waals surface area contributed by atoms with Crippen molar-refractivity contribution in [1.82, 2.24) is 0 Å². The van der Waals surface area contributed by atoms with Gasteiger partial charge >= 0.3 is 0 Å². The molecule has 0 amide bonds. The fourth-order valence-electron chi connectivity index (χ4n) is 2.65. The van der Waals surface area contributed by atoms with E-state index in [0.717, 1.165) is 42.5 Å². The second kappa shape index (κ2) is 3.84. The van der Waals surface area contributed by atoms with Crippen LogP contribution in [0.5, 0.6) is 5.75 Å². The van der Waals surface area contributed by atoms with Crippen LogP contribution in [0.15, 0.2) is 16.6 Å². The van der Waals surface area contributed by atoms with E-state index in [1.165, 1.54) is 11.1 Å². The summed E-state index contributed by atoms with van der Waals surface area (Å²) in [6, 6.07) is 4.23. The molecule has 0 N–H and O–H groups in total. The van der Waals surface area contributed by atoms with Gasteiger partial charge in [-0.25, -0.2) is 0 Å². The number of rotatable bonds is 3. The van der Waals surface area contributed by atoms with E-state index in [2.05, 4.69) is 28.1 Å². The Hall–Kier alpha value is -0.830. The lowest BCUT2D eigenvalue weighted by molar-refractivity contribution is -0.121. The van der Waals surface area contributed by atoms with Crippen molar-refractivity contribution in [2.75, 3.05) is 6.61 Å². The fraction of sp³-hybridized carbons (Fsp3) is 0.500. The Kier molecular flexibility index (Phi) is 2.54. The van der Waals surface area contributed by atoms with Gasteiger partial charge in [-0.3, -0.25) is 4.79 Å². The first kappa shape index (κ1) is 11.3. The van der Waals surface area contributed by atoms with E-state index in [4.69, 9.17) is 4.74 Å². The number of carbonyl (C=O) groups excluding carboxylic acids is 1. The van der Waals surface area contributed by atoms with Gasteiger partial charge in [-0.05, 0) is 49.4 Å². The molecule has 17 heavy (non-hydrogen) atoms. The molecule has 0 bridgehead atoms. The minimum Gasteiger partial charge on any atom is -0.493 e. The van der Waals surface area contributed by atoms with Crippen molar-refractivity contribution in [3.05, 3.63) is 27.7 Å². The summed E-state index contributed by atoms with van der Waals surface area (Å²) >= 11 is 3.54. The van der Waals surface area contributed by atoms with Gasteiger partial charge in [-0.2, -0.15) is 0 Å². The maximum atomic E-state index is 11.7. The summed E-state index contributed by atoms with van der Waals surface area (Å²) in [6.07, 6.45) is 3.88. The maximum Gasteiger partial charge on any atom is 0.136 e. The highest BCUT2D eigenvalue weighted by Crippen LogP contribution is 2.51. The summed E-state index contributed by atoms with van der Waals surface area (Å²) in [5.41, 5.74) is 2.38. The summed E-state index contributed by atoms with van der Waals surface area (Å²) < 4.78 is 6.80. The van der Waals surface area contributed by atoms with Crippen LogP contribution >= 0.6 is 15.9 Å². The summed E-state index contributed by atoms with van der Waals surface area (Å²) in [5, 5.41) is 0. The van der Waals surface area contributed by atoms with Crippen molar-refractivity contribution in [1.29, 1.82) is 0 Å². The number of hydrogen-bond donors (Lipinski definition) is 0. The van der Waals surface area contributed by atoms with Gasteiger partial charge in [0.25, 0.3) is 0 Å². The van der Waals surface area contributed by atoms with Crippen molar-refractivity contribution < 1.29 is 9.53 Å². The zero-order valence-electron chi connectivity index (χ0n) is 9.88. The second-order valence-electron chi connectivity index (χ2n) is 5.16. The van der Waals surface area contributed by atoms with E-state index in [1.54, 1.807) is 6.92 Å². The number of halogens is 1. The Labute approximate surface area is 109 Å². The van der Waals surface area contributed by atoms with Crippen LogP contribution in [-0.4, -0.2) is 12.4 Å². The van der Waals surface area contributed by atoms with Crippen LogP contribution < -0.4 is 4.74 Å². The lowest BCUT2D eigenvalue weighted by Gasteiger charge is -2.14. The minimum atomic E-state index is -0.0828. The summed E-state index contributed by atoms with van der Waals surface area (Å²) in [6.45, 7) is 2.48. The van der Waals surface area contributed by atoms with E-state index in [9.17, 15) is 4.79 Å². The Bertz CT molecular complexity index is 489. The standard InChI is InChI=1S/C14H15BrO2/c1-9(16)14(3-4-14)8-11-7-12(15)6-10-2-5-17-13(10)11/h6-7H,2-5,8H2,1H3. The van der Waals surface area contributed by atoms with Crippen molar-refractivity contribution in [3.63, 3.8) is 0 Å². The average Bonchev–Trinajstić information content (AvgIpc) is 2.88. The van der Waals surface area contributed by atoms with Crippen molar-refractivity contribution in [3.8, 4) is 5.75 Å². The lowest BCUT2D eigenvalue weighted by atomic mass is 9.91. The first-order valence-corrected chi connectivity index (χ1v) is 6.85. The van der Waals surface area contributed by atoms with Crippen LogP contribution in [0.2, 0.25) is 0 Å². The molecule has 1 fully saturated rings. The first-order valence-electron chi connectivity index (χ1n) is 6.06. The highest BCUT2D eigenvalue weighted by Gasteiger charge is 2.47. The third kappa shape index (κ3) is 1.90. The quantitative estimate of drug-likeness (QED) is 0.855. The molecule has 1 aromatic carbocycles. The molecule has 0 unspecified atom stereocenters. The van der Waals surface area contributed by atoms with Gasteiger partial charge < -0.3 is 4.74 Å². The van der Waals surface area contributed by atoms with Gasteiger partial charge in [0.15, 0.2) is 0 Å². The van der Waals surface area contributed by atoms with Gasteiger partial charge in [0.05, 0.1) is 6.61 Å². The molecule has 0 saturated heterocycles. The van der Waals surface area contributed by atoms with E-state index < -0.39 is 0 Å². The van der Waals surface area contributed by atoms with Gasteiger partial charge in [0.1, 0.15) is 11.5 Å². The van der Waals surface area contributed by atoms with E-state index >= 15 is 0 Å². The molecular formula is C14H15BrO2. The Morgan fingerprint density at radius 1 is 1.47 bits per heavy atom. The van der Waals surface area contributed by atoms with Crippen LogP contribution in [0.3, 0.4) is 0 Å². The van der Waals surface area contributed by atoms with E-state index in [0.29, 0.717) is 5.78 Å². The average molecular weight is 295 g/mol. The van der Waals surface area contributed by atoms with Gasteiger partial charge in [0, 0.05) is 16.3 Å². The third-order valence-corrected chi connectivity index (χ3v) is 4.41. The largest absolute Gasteiger partial charge is 0.493 e. The molecule has 3 rings (SSSR count). The molecule has 0 radical (unpaired) electrons. The van der Waals surface area contributed by atoms with Gasteiger partial charge in [-0.1, -0.05) is 15.9 Å². The van der Waals surface area contributed by atoms with Crippen LogP contribution in [0.1, 0.15) is 30.9 Å². The molecule has 0 atom stereocenters. The predicted octanol–water partition coefficient (Wildman–Crippen LogP) is 3.30. The van der Waals surface area contributed by atoms with Gasteiger partial charge in [0.2, 0.25) is 0 Å². The Morgan fingerprint density at radius 2 is 2.24 bits per heavy atom. The van der Waals surface area contributed by atoms with Crippen LogP contribution in [-0.2, 0) is 17.6 Å². The molecule has 2 nitrogen and oxygen atoms in total. The number of carbonyl (C=O) groups is 1. The minimum absolute atomic E-state index is 0.0828. The molecule has 1 aromatic rings. The van der Waals surface area contributed by atoms with E-state index in [1.807, 2.05) is 0 Å². The Balaban J connectivity index is 1.96. The Morgan fingerprint density at radius 3 is 2.88 bits per heavy atom. The lowest BCUT2D eigenvalue weighted by Crippen LogP contribution is -2.15. The number of ketones is 1. The topological polar surface area (TPSA) is 26.3 Å². The van der Waals surface area contributed by atoms with Crippen molar-refractivity contribution in [2.45, 2.75) is 32.6 Å². The predicted molar refractivity (Wildman–Crippen MR) is 69.4 cm³/mol. The molecular weight excluding hydrogens is 280 g/mol. The number of benzene rings is 1. The van der Waals surface area contributed by atoms with Gasteiger partial charge in [-0.15, -0.1) is 0 Å². The molecule has 90 valence electrons. The second-order valence-corrected chi connectivity index (χ2v) is 6.08. The molecule has 1 aliphatic heterocycles.